The lowest BCUT2D eigenvalue weighted by atomic mass is 10.2. The van der Waals surface area contributed by atoms with Crippen LogP contribution in [0.15, 0.2) is 70.5 Å². The molecule has 1 aliphatic heterocycles. The van der Waals surface area contributed by atoms with Crippen molar-refractivity contribution in [2.24, 2.45) is 4.40 Å². The van der Waals surface area contributed by atoms with E-state index in [1.165, 1.54) is 47.4 Å². The molecule has 0 radical (unpaired) electrons. The summed E-state index contributed by atoms with van der Waals surface area (Å²) >= 11 is 0.916. The highest BCUT2D eigenvalue weighted by Gasteiger charge is 2.39. The number of halogens is 1. The fourth-order valence-corrected chi connectivity index (χ4v) is 5.34. The van der Waals surface area contributed by atoms with E-state index in [2.05, 4.69) is 16.3 Å². The van der Waals surface area contributed by atoms with E-state index in [9.17, 15) is 22.4 Å². The number of carbonyl (C=O) groups excluding carboxylic acids is 2. The van der Waals surface area contributed by atoms with E-state index in [-0.39, 0.29) is 23.0 Å². The second-order valence-electron chi connectivity index (χ2n) is 6.95. The summed E-state index contributed by atoms with van der Waals surface area (Å²) in [6.45, 7) is 5.62. The van der Waals surface area contributed by atoms with Crippen LogP contribution in [-0.4, -0.2) is 42.1 Å². The monoisotopic (exact) mass is 475 g/mol. The third-order valence-electron chi connectivity index (χ3n) is 4.66. The molecule has 168 valence electrons. The minimum Gasteiger partial charge on any atom is -0.326 e. The number of anilines is 1. The van der Waals surface area contributed by atoms with Crippen molar-refractivity contribution in [1.29, 1.82) is 0 Å². The Morgan fingerprint density at radius 3 is 2.47 bits per heavy atom. The fraction of sp³-hybridized carbons (Fsp3) is 0.227. The Morgan fingerprint density at radius 1 is 1.22 bits per heavy atom. The predicted octanol–water partition coefficient (Wildman–Crippen LogP) is 3.59. The summed E-state index contributed by atoms with van der Waals surface area (Å²) < 4.78 is 42.4. The van der Waals surface area contributed by atoms with Crippen molar-refractivity contribution >= 4 is 44.5 Å². The first-order chi connectivity index (χ1) is 15.2. The molecular weight excluding hydrogens is 453 g/mol. The number of thioether (sulfide) groups is 1. The molecule has 2 aromatic carbocycles. The smallest absolute Gasteiger partial charge is 0.284 e. The van der Waals surface area contributed by atoms with Gasteiger partial charge in [0.1, 0.15) is 11.1 Å². The van der Waals surface area contributed by atoms with Crippen molar-refractivity contribution in [3.63, 3.8) is 0 Å². The van der Waals surface area contributed by atoms with Gasteiger partial charge in [0, 0.05) is 18.7 Å². The van der Waals surface area contributed by atoms with Gasteiger partial charge in [-0.05, 0) is 48.4 Å². The molecule has 1 saturated heterocycles. The third kappa shape index (κ3) is 5.63. The van der Waals surface area contributed by atoms with Gasteiger partial charge in [-0.1, -0.05) is 36.9 Å². The highest BCUT2D eigenvalue weighted by Crippen LogP contribution is 2.31. The van der Waals surface area contributed by atoms with Crippen LogP contribution in [0.5, 0.6) is 0 Å². The molecule has 0 aromatic heterocycles. The normalized spacial score (nSPS) is 17.6. The number of aryl methyl sites for hydroxylation is 1. The van der Waals surface area contributed by atoms with Gasteiger partial charge in [-0.3, -0.25) is 14.5 Å². The molecule has 1 aliphatic rings. The molecule has 1 unspecified atom stereocenters. The summed E-state index contributed by atoms with van der Waals surface area (Å²) in [6.07, 6.45) is 2.03. The number of rotatable bonds is 8. The number of nitrogens with zero attached hydrogens (tertiary/aromatic N) is 2. The largest absolute Gasteiger partial charge is 0.326 e. The fourth-order valence-electron chi connectivity index (χ4n) is 2.97. The number of amidine groups is 1. The predicted molar refractivity (Wildman–Crippen MR) is 123 cm³/mol. The van der Waals surface area contributed by atoms with E-state index >= 15 is 0 Å². The molecule has 3 rings (SSSR count). The number of amides is 2. The van der Waals surface area contributed by atoms with Crippen molar-refractivity contribution < 1.29 is 22.4 Å². The number of hydrogen-bond acceptors (Lipinski definition) is 5. The van der Waals surface area contributed by atoms with Crippen molar-refractivity contribution in [1.82, 2.24) is 4.90 Å². The van der Waals surface area contributed by atoms with Gasteiger partial charge in [-0.25, -0.2) is 4.39 Å². The van der Waals surface area contributed by atoms with Gasteiger partial charge in [-0.2, -0.15) is 8.42 Å². The van der Waals surface area contributed by atoms with E-state index < -0.39 is 32.9 Å². The average molecular weight is 476 g/mol. The maximum Gasteiger partial charge on any atom is 0.284 e. The Balaban J connectivity index is 1.78. The molecule has 0 spiro atoms. The quantitative estimate of drug-likeness (QED) is 0.589. The summed E-state index contributed by atoms with van der Waals surface area (Å²) in [7, 11) is -4.04. The van der Waals surface area contributed by atoms with Crippen LogP contribution in [0.25, 0.3) is 0 Å². The van der Waals surface area contributed by atoms with Crippen LogP contribution in [0, 0.1) is 5.82 Å². The summed E-state index contributed by atoms with van der Waals surface area (Å²) in [5.41, 5.74) is 1.38. The molecule has 1 atom stereocenters. The number of carbonyl (C=O) groups is 2. The average Bonchev–Trinajstić information content (AvgIpc) is 3.04. The van der Waals surface area contributed by atoms with Crippen LogP contribution in [0.2, 0.25) is 0 Å². The highest BCUT2D eigenvalue weighted by atomic mass is 32.2. The van der Waals surface area contributed by atoms with Gasteiger partial charge in [-0.15, -0.1) is 11.0 Å². The molecule has 0 bridgehead atoms. The zero-order valence-corrected chi connectivity index (χ0v) is 19.0. The maximum atomic E-state index is 13.0. The Labute approximate surface area is 190 Å². The van der Waals surface area contributed by atoms with Gasteiger partial charge >= 0.3 is 0 Å². The molecule has 2 aromatic rings. The lowest BCUT2D eigenvalue weighted by molar-refractivity contribution is -0.127. The van der Waals surface area contributed by atoms with E-state index in [1.54, 1.807) is 12.1 Å². The van der Waals surface area contributed by atoms with E-state index in [1.807, 2.05) is 6.92 Å². The first-order valence-electron chi connectivity index (χ1n) is 9.81. The molecule has 1 fully saturated rings. The van der Waals surface area contributed by atoms with Crippen LogP contribution in [0.3, 0.4) is 0 Å². The van der Waals surface area contributed by atoms with E-state index in [4.69, 9.17) is 0 Å². The lowest BCUT2D eigenvalue weighted by Gasteiger charge is -2.13. The van der Waals surface area contributed by atoms with E-state index in [0.717, 1.165) is 23.7 Å². The van der Waals surface area contributed by atoms with Crippen LogP contribution in [0.1, 0.15) is 18.9 Å². The minimum atomic E-state index is -4.04. The summed E-state index contributed by atoms with van der Waals surface area (Å²) in [5.74, 6) is -1.32. The van der Waals surface area contributed by atoms with Gasteiger partial charge in [0.05, 0.1) is 4.90 Å². The number of hydrogen-bond donors (Lipinski definition) is 1. The molecule has 2 amide bonds. The molecule has 32 heavy (non-hydrogen) atoms. The molecule has 10 heteroatoms. The van der Waals surface area contributed by atoms with Gasteiger partial charge < -0.3 is 5.32 Å². The van der Waals surface area contributed by atoms with Gasteiger partial charge in [0.15, 0.2) is 5.17 Å². The Hall–Kier alpha value is -2.98. The third-order valence-corrected chi connectivity index (χ3v) is 7.23. The Bertz CT molecular complexity index is 1150. The molecule has 0 aliphatic carbocycles. The van der Waals surface area contributed by atoms with Crippen LogP contribution in [0.4, 0.5) is 10.1 Å². The standard InChI is InChI=1S/C22H22FN3O4S2/c1-3-13-26-21(28)19(14-20(27)24-17-9-7-16(23)8-10-17)31-22(26)25-32(29,30)18-11-5-15(4-2)6-12-18/h3,5-12,19H,1,4,13-14H2,2H3,(H,24,27). The number of nitrogens with one attached hydrogen (secondary N) is 1. The molecule has 1 N–H and O–H groups in total. The number of benzene rings is 2. The molecular formula is C22H22FN3O4S2. The molecule has 1 heterocycles. The Morgan fingerprint density at radius 2 is 1.88 bits per heavy atom. The SMILES string of the molecule is C=CCN1C(=O)C(CC(=O)Nc2ccc(F)cc2)SC1=NS(=O)(=O)c1ccc(CC)cc1. The van der Waals surface area contributed by atoms with Gasteiger partial charge in [0.2, 0.25) is 11.8 Å². The lowest BCUT2D eigenvalue weighted by Crippen LogP contribution is -2.33. The minimum absolute atomic E-state index is 0.00551. The summed E-state index contributed by atoms with van der Waals surface area (Å²) in [5, 5.41) is 1.75. The molecule has 0 saturated carbocycles. The second-order valence-corrected chi connectivity index (χ2v) is 9.72. The van der Waals surface area contributed by atoms with Crippen molar-refractivity contribution in [2.45, 2.75) is 29.9 Å². The second kappa shape index (κ2) is 10.1. The molecule has 7 nitrogen and oxygen atoms in total. The van der Waals surface area contributed by atoms with Crippen molar-refractivity contribution in [2.75, 3.05) is 11.9 Å². The Kier molecular flexibility index (Phi) is 7.47. The first-order valence-corrected chi connectivity index (χ1v) is 12.1. The van der Waals surface area contributed by atoms with Crippen molar-refractivity contribution in [3.05, 3.63) is 72.6 Å². The number of sulfonamides is 1. The topological polar surface area (TPSA) is 95.9 Å². The first kappa shape index (κ1) is 23.7. The summed E-state index contributed by atoms with van der Waals surface area (Å²) in [6, 6.07) is 11.6. The van der Waals surface area contributed by atoms with Crippen LogP contribution in [-0.2, 0) is 26.0 Å². The van der Waals surface area contributed by atoms with Crippen molar-refractivity contribution in [3.8, 4) is 0 Å². The van der Waals surface area contributed by atoms with Gasteiger partial charge in [0.25, 0.3) is 10.0 Å². The zero-order chi connectivity index (χ0) is 23.3. The summed E-state index contributed by atoms with van der Waals surface area (Å²) in [4.78, 5) is 26.4. The highest BCUT2D eigenvalue weighted by molar-refractivity contribution is 8.16. The van der Waals surface area contributed by atoms with Crippen LogP contribution < -0.4 is 5.32 Å². The van der Waals surface area contributed by atoms with Crippen LogP contribution >= 0.6 is 11.8 Å². The maximum absolute atomic E-state index is 13.0. The van der Waals surface area contributed by atoms with E-state index in [0.29, 0.717) is 5.69 Å². The zero-order valence-electron chi connectivity index (χ0n) is 17.3.